The molecule has 0 radical (unpaired) electrons. The van der Waals surface area contributed by atoms with Gasteiger partial charge in [0.15, 0.2) is 0 Å². The molecule has 1 atom stereocenters. The molecule has 0 spiro atoms. The van der Waals surface area contributed by atoms with Crippen LogP contribution in [0.1, 0.15) is 6.42 Å². The largest absolute Gasteiger partial charge is 0.368 e. The predicted octanol–water partition coefficient (Wildman–Crippen LogP) is 1.40. The van der Waals surface area contributed by atoms with Gasteiger partial charge in [0, 0.05) is 49.7 Å². The van der Waals surface area contributed by atoms with Crippen LogP contribution in [-0.2, 0) is 14.8 Å². The fourth-order valence-corrected chi connectivity index (χ4v) is 3.68. The molecule has 144 valence electrons. The number of anilines is 1. The molecule has 0 saturated carbocycles. The zero-order valence-corrected chi connectivity index (χ0v) is 16.2. The molecule has 2 heterocycles. The van der Waals surface area contributed by atoms with E-state index in [2.05, 4.69) is 9.88 Å². The molecule has 3 rings (SSSR count). The zero-order valence-electron chi connectivity index (χ0n) is 14.7. The molecule has 0 aromatic carbocycles. The molecule has 1 amide bonds. The van der Waals surface area contributed by atoms with Crippen LogP contribution in [0.25, 0.3) is 0 Å². The van der Waals surface area contributed by atoms with Gasteiger partial charge in [-0.25, -0.2) is 13.6 Å². The number of hydrogen-bond donors (Lipinski definition) is 1. The first-order valence-corrected chi connectivity index (χ1v) is 10.5. The minimum absolute atomic E-state index is 0.138. The third kappa shape index (κ3) is 4.97. The first kappa shape index (κ1) is 19.6. The second-order valence-electron chi connectivity index (χ2n) is 6.48. The number of piperazine rings is 1. The number of allylic oxidation sites excluding steroid dienone is 4. The van der Waals surface area contributed by atoms with E-state index in [0.29, 0.717) is 25.1 Å². The maximum Gasteiger partial charge on any atom is 0.248 e. The zero-order chi connectivity index (χ0) is 19.5. The van der Waals surface area contributed by atoms with Gasteiger partial charge >= 0.3 is 0 Å². The summed E-state index contributed by atoms with van der Waals surface area (Å²) in [5.74, 6) is -0.138. The molecular weight excluding hydrogens is 388 g/mol. The Bertz CT molecular complexity index is 890. The molecule has 1 unspecified atom stereocenters. The van der Waals surface area contributed by atoms with Gasteiger partial charge in [-0.15, -0.1) is 11.6 Å². The smallest absolute Gasteiger partial charge is 0.248 e. The van der Waals surface area contributed by atoms with Crippen LogP contribution in [0, 0.1) is 0 Å². The lowest BCUT2D eigenvalue weighted by molar-refractivity contribution is -0.133. The summed E-state index contributed by atoms with van der Waals surface area (Å²) in [6.07, 6.45) is 10.2. The van der Waals surface area contributed by atoms with E-state index in [4.69, 9.17) is 16.7 Å². The highest BCUT2D eigenvalue weighted by atomic mass is 35.5. The normalized spacial score (nSPS) is 23.6. The van der Waals surface area contributed by atoms with Gasteiger partial charge in [0.05, 0.1) is 0 Å². The van der Waals surface area contributed by atoms with Crippen LogP contribution in [0.5, 0.6) is 0 Å². The van der Waals surface area contributed by atoms with Gasteiger partial charge in [-0.3, -0.25) is 9.78 Å². The Kier molecular flexibility index (Phi) is 5.69. The molecule has 1 aliphatic heterocycles. The molecule has 1 aliphatic carbocycles. The van der Waals surface area contributed by atoms with Crippen molar-refractivity contribution >= 4 is 33.2 Å². The average Bonchev–Trinajstić information content (AvgIpc) is 2.67. The van der Waals surface area contributed by atoms with Crippen molar-refractivity contribution in [3.8, 4) is 0 Å². The lowest BCUT2D eigenvalue weighted by atomic mass is 9.94. The number of pyridine rings is 1. The summed E-state index contributed by atoms with van der Waals surface area (Å²) < 4.78 is 22.0. The highest BCUT2D eigenvalue weighted by Crippen LogP contribution is 2.31. The number of carbonyl (C=O) groups excluding carboxylic acids is 1. The summed E-state index contributed by atoms with van der Waals surface area (Å²) in [6.45, 7) is 2.63. The number of carbonyl (C=O) groups is 1. The number of aromatic nitrogens is 1. The molecule has 27 heavy (non-hydrogen) atoms. The number of primary sulfonamides is 1. The van der Waals surface area contributed by atoms with Gasteiger partial charge in [-0.2, -0.15) is 0 Å². The molecule has 1 aromatic rings. The van der Waals surface area contributed by atoms with E-state index in [9.17, 15) is 13.2 Å². The Balaban J connectivity index is 1.60. The number of hydrogen-bond acceptors (Lipinski definition) is 5. The summed E-state index contributed by atoms with van der Waals surface area (Å²) in [4.78, 5) is 19.8. The fraction of sp³-hybridized carbons (Fsp3) is 0.333. The number of nitrogens with zero attached hydrogens (tertiary/aromatic N) is 3. The fourth-order valence-electron chi connectivity index (χ4n) is 3.07. The van der Waals surface area contributed by atoms with E-state index in [1.807, 2.05) is 12.1 Å². The molecule has 1 fully saturated rings. The molecule has 1 saturated heterocycles. The topological polar surface area (TPSA) is 96.6 Å². The first-order chi connectivity index (χ1) is 12.8. The number of amides is 1. The van der Waals surface area contributed by atoms with Crippen LogP contribution in [0.3, 0.4) is 0 Å². The van der Waals surface area contributed by atoms with Crippen LogP contribution in [0.15, 0.2) is 59.8 Å². The molecule has 1 aromatic heterocycles. The van der Waals surface area contributed by atoms with Gasteiger partial charge in [-0.05, 0) is 30.2 Å². The number of halogens is 1. The van der Waals surface area contributed by atoms with Gasteiger partial charge in [-0.1, -0.05) is 18.2 Å². The van der Waals surface area contributed by atoms with E-state index in [0.717, 1.165) is 24.2 Å². The van der Waals surface area contributed by atoms with Crippen LogP contribution in [-0.4, -0.2) is 55.3 Å². The standard InChI is InChI=1S/C18H21ClN4O3S/c19-18(6-1-15(2-7-18)5-14-27(20,25)26)17(24)23-12-10-22(11-13-23)16-3-8-21-9-4-16/h1-6,8-9,14H,7,10-13H2,(H2,20,25,26)/b14-5+. The molecule has 0 bridgehead atoms. The predicted molar refractivity (Wildman–Crippen MR) is 106 cm³/mol. The number of rotatable bonds is 4. The first-order valence-electron chi connectivity index (χ1n) is 8.50. The minimum Gasteiger partial charge on any atom is -0.368 e. The number of alkyl halides is 1. The van der Waals surface area contributed by atoms with Crippen LogP contribution in [0.4, 0.5) is 5.69 Å². The van der Waals surface area contributed by atoms with Crippen molar-refractivity contribution in [1.29, 1.82) is 0 Å². The Labute approximate surface area is 163 Å². The van der Waals surface area contributed by atoms with Crippen molar-refractivity contribution in [2.45, 2.75) is 11.3 Å². The van der Waals surface area contributed by atoms with E-state index in [1.54, 1.807) is 35.5 Å². The lowest BCUT2D eigenvalue weighted by Gasteiger charge is -2.39. The molecular formula is C18H21ClN4O3S. The second-order valence-corrected chi connectivity index (χ2v) is 8.61. The van der Waals surface area contributed by atoms with Gasteiger partial charge < -0.3 is 9.80 Å². The minimum atomic E-state index is -3.69. The van der Waals surface area contributed by atoms with Crippen LogP contribution >= 0.6 is 11.6 Å². The maximum atomic E-state index is 12.9. The monoisotopic (exact) mass is 408 g/mol. The summed E-state index contributed by atoms with van der Waals surface area (Å²) in [6, 6.07) is 3.90. The highest BCUT2D eigenvalue weighted by molar-refractivity contribution is 7.92. The lowest BCUT2D eigenvalue weighted by Crippen LogP contribution is -2.53. The Morgan fingerprint density at radius 1 is 1.22 bits per heavy atom. The van der Waals surface area contributed by atoms with Gasteiger partial charge in [0.25, 0.3) is 0 Å². The van der Waals surface area contributed by atoms with E-state index in [-0.39, 0.29) is 5.91 Å². The molecule has 9 heteroatoms. The number of nitrogens with two attached hydrogens (primary N) is 1. The van der Waals surface area contributed by atoms with Crippen molar-refractivity contribution < 1.29 is 13.2 Å². The number of sulfonamides is 1. The molecule has 2 N–H and O–H groups in total. The summed E-state index contributed by atoms with van der Waals surface area (Å²) in [5.41, 5.74) is 1.74. The van der Waals surface area contributed by atoms with Crippen LogP contribution < -0.4 is 10.0 Å². The Morgan fingerprint density at radius 2 is 1.89 bits per heavy atom. The van der Waals surface area contributed by atoms with E-state index in [1.165, 1.54) is 6.08 Å². The van der Waals surface area contributed by atoms with E-state index >= 15 is 0 Å². The van der Waals surface area contributed by atoms with Crippen molar-refractivity contribution in [3.63, 3.8) is 0 Å². The maximum absolute atomic E-state index is 12.9. The van der Waals surface area contributed by atoms with Gasteiger partial charge in [0.1, 0.15) is 4.87 Å². The molecule has 7 nitrogen and oxygen atoms in total. The van der Waals surface area contributed by atoms with Crippen LogP contribution in [0.2, 0.25) is 0 Å². The van der Waals surface area contributed by atoms with Crippen molar-refractivity contribution in [2.75, 3.05) is 31.1 Å². The second kappa shape index (κ2) is 7.84. The third-order valence-electron chi connectivity index (χ3n) is 4.58. The quantitative estimate of drug-likeness (QED) is 0.759. The van der Waals surface area contributed by atoms with Gasteiger partial charge in [0.2, 0.25) is 15.9 Å². The summed E-state index contributed by atoms with van der Waals surface area (Å²) in [5, 5.41) is 5.87. The summed E-state index contributed by atoms with van der Waals surface area (Å²) >= 11 is 6.56. The average molecular weight is 409 g/mol. The molecule has 2 aliphatic rings. The highest BCUT2D eigenvalue weighted by Gasteiger charge is 2.38. The Hall–Kier alpha value is -2.16. The van der Waals surface area contributed by atoms with Crippen molar-refractivity contribution in [3.05, 3.63) is 59.8 Å². The van der Waals surface area contributed by atoms with Crippen molar-refractivity contribution in [1.82, 2.24) is 9.88 Å². The third-order valence-corrected chi connectivity index (χ3v) is 5.53. The van der Waals surface area contributed by atoms with E-state index < -0.39 is 14.9 Å². The SMILES string of the molecule is NS(=O)(=O)/C=C/C1=CCC(Cl)(C(=O)N2CCN(c3ccncc3)CC2)C=C1. The summed E-state index contributed by atoms with van der Waals surface area (Å²) in [7, 11) is -3.69. The Morgan fingerprint density at radius 3 is 2.44 bits per heavy atom. The van der Waals surface area contributed by atoms with Crippen molar-refractivity contribution in [2.24, 2.45) is 5.14 Å².